The Kier molecular flexibility index (Phi) is 5.43. The molecule has 144 valence electrons. The summed E-state index contributed by atoms with van der Waals surface area (Å²) in [6.07, 6.45) is 5.30. The van der Waals surface area contributed by atoms with Crippen LogP contribution in [0.3, 0.4) is 0 Å². The minimum absolute atomic E-state index is 0.289. The molecule has 7 heteroatoms. The van der Waals surface area contributed by atoms with E-state index in [0.717, 1.165) is 40.1 Å². The Morgan fingerprint density at radius 1 is 1.21 bits per heavy atom. The lowest BCUT2D eigenvalue weighted by atomic mass is 10.1. The number of nitrogens with zero attached hydrogens (tertiary/aromatic N) is 4. The van der Waals surface area contributed by atoms with Crippen LogP contribution in [0.5, 0.6) is 5.75 Å². The Morgan fingerprint density at radius 2 is 2.11 bits per heavy atom. The van der Waals surface area contributed by atoms with Gasteiger partial charge >= 0.3 is 0 Å². The molecule has 0 saturated carbocycles. The summed E-state index contributed by atoms with van der Waals surface area (Å²) in [4.78, 5) is 17.5. The summed E-state index contributed by atoms with van der Waals surface area (Å²) in [5, 5.41) is 3.67. The van der Waals surface area contributed by atoms with Gasteiger partial charge in [-0.05, 0) is 32.0 Å². The van der Waals surface area contributed by atoms with Crippen molar-refractivity contribution in [2.45, 2.75) is 31.9 Å². The molecule has 1 aliphatic rings. The van der Waals surface area contributed by atoms with Gasteiger partial charge in [-0.2, -0.15) is 0 Å². The number of aromatic nitrogens is 4. The third kappa shape index (κ3) is 3.94. The maximum atomic E-state index is 5.88. The molecule has 3 aromatic rings. The number of anilines is 1. The van der Waals surface area contributed by atoms with Gasteiger partial charge in [0.1, 0.15) is 17.9 Å². The number of hydrogen-bond acceptors (Lipinski definition) is 7. The first kappa shape index (κ1) is 18.7. The number of pyridine rings is 2. The summed E-state index contributed by atoms with van der Waals surface area (Å²) < 4.78 is 5.88. The van der Waals surface area contributed by atoms with Crippen LogP contribution in [0.15, 0.2) is 43.0 Å². The molecular formula is C21H23N5OS. The fourth-order valence-electron chi connectivity index (χ4n) is 3.16. The van der Waals surface area contributed by atoms with E-state index in [0.29, 0.717) is 12.5 Å². The van der Waals surface area contributed by atoms with Crippen LogP contribution in [-0.4, -0.2) is 32.4 Å². The largest absolute Gasteiger partial charge is 0.491 e. The molecule has 0 radical (unpaired) electrons. The molecule has 1 N–H and O–H groups in total. The van der Waals surface area contributed by atoms with Gasteiger partial charge in [0.25, 0.3) is 0 Å². The molecule has 6 nitrogen and oxygen atoms in total. The van der Waals surface area contributed by atoms with Crippen LogP contribution in [0.2, 0.25) is 0 Å². The van der Waals surface area contributed by atoms with Crippen molar-refractivity contribution in [2.24, 2.45) is 0 Å². The zero-order valence-corrected chi connectivity index (χ0v) is 17.0. The Morgan fingerprint density at radius 3 is 2.93 bits per heavy atom. The zero-order chi connectivity index (χ0) is 19.5. The highest BCUT2D eigenvalue weighted by Gasteiger charge is 2.26. The van der Waals surface area contributed by atoms with Crippen LogP contribution in [0.1, 0.15) is 42.0 Å². The molecule has 0 aliphatic carbocycles. The molecule has 0 fully saturated rings. The van der Waals surface area contributed by atoms with Gasteiger partial charge in [0.2, 0.25) is 0 Å². The molecule has 0 amide bonds. The van der Waals surface area contributed by atoms with Crippen LogP contribution in [0.4, 0.5) is 5.82 Å². The Hall–Kier alpha value is -2.67. The van der Waals surface area contributed by atoms with Gasteiger partial charge in [-0.15, -0.1) is 11.8 Å². The highest BCUT2D eigenvalue weighted by atomic mass is 32.2. The summed E-state index contributed by atoms with van der Waals surface area (Å²) in [6, 6.07) is 8.02. The minimum atomic E-state index is 0.289. The fourth-order valence-corrected chi connectivity index (χ4v) is 4.00. The second-order valence-corrected chi connectivity index (χ2v) is 8.26. The molecule has 0 aromatic carbocycles. The number of aryl methyl sites for hydroxylation is 1. The molecule has 1 aliphatic heterocycles. The third-order valence-corrected chi connectivity index (χ3v) is 5.87. The van der Waals surface area contributed by atoms with Crippen LogP contribution in [-0.2, 0) is 0 Å². The fraction of sp³-hybridized carbons (Fsp3) is 0.333. The van der Waals surface area contributed by atoms with Crippen LogP contribution < -0.4 is 10.1 Å². The lowest BCUT2D eigenvalue weighted by Gasteiger charge is -2.15. The number of ether oxygens (including phenoxy) is 1. The maximum absolute atomic E-state index is 5.88. The average molecular weight is 394 g/mol. The molecule has 28 heavy (non-hydrogen) atoms. The molecular weight excluding hydrogens is 370 g/mol. The van der Waals surface area contributed by atoms with Gasteiger partial charge in [0.15, 0.2) is 0 Å². The molecule has 3 aromatic heterocycles. The Balaban J connectivity index is 1.39. The van der Waals surface area contributed by atoms with E-state index < -0.39 is 0 Å². The quantitative estimate of drug-likeness (QED) is 0.614. The number of fused-ring (bicyclic) bond motifs is 1. The Labute approximate surface area is 169 Å². The van der Waals surface area contributed by atoms with E-state index in [4.69, 9.17) is 4.74 Å². The van der Waals surface area contributed by atoms with E-state index in [9.17, 15) is 0 Å². The zero-order valence-electron chi connectivity index (χ0n) is 16.2. The molecule has 0 saturated heterocycles. The smallest absolute Gasteiger partial charge is 0.145 e. The van der Waals surface area contributed by atoms with Gasteiger partial charge < -0.3 is 10.1 Å². The first-order valence-corrected chi connectivity index (χ1v) is 10.4. The van der Waals surface area contributed by atoms with Crippen molar-refractivity contribution in [1.82, 2.24) is 19.9 Å². The number of hydrogen-bond donors (Lipinski definition) is 1. The number of rotatable bonds is 6. The second kappa shape index (κ2) is 8.14. The van der Waals surface area contributed by atoms with Gasteiger partial charge in [-0.3, -0.25) is 9.97 Å². The summed E-state index contributed by atoms with van der Waals surface area (Å²) in [6.45, 7) is 7.03. The van der Waals surface area contributed by atoms with Gasteiger partial charge in [0, 0.05) is 46.4 Å². The minimum Gasteiger partial charge on any atom is -0.491 e. The summed E-state index contributed by atoms with van der Waals surface area (Å²) >= 11 is 1.80. The van der Waals surface area contributed by atoms with Gasteiger partial charge in [0.05, 0.1) is 23.9 Å². The topological polar surface area (TPSA) is 72.8 Å². The summed E-state index contributed by atoms with van der Waals surface area (Å²) in [5.41, 5.74) is 5.11. The number of thioether (sulfide) groups is 1. The predicted octanol–water partition coefficient (Wildman–Crippen LogP) is 4.60. The van der Waals surface area contributed by atoms with E-state index >= 15 is 0 Å². The first-order chi connectivity index (χ1) is 13.6. The van der Waals surface area contributed by atoms with Crippen molar-refractivity contribution in [1.29, 1.82) is 0 Å². The van der Waals surface area contributed by atoms with Crippen molar-refractivity contribution >= 4 is 17.6 Å². The van der Waals surface area contributed by atoms with Gasteiger partial charge in [-0.25, -0.2) is 9.97 Å². The van der Waals surface area contributed by atoms with Crippen LogP contribution >= 0.6 is 11.8 Å². The SMILES string of the molecule is Cc1ccc(-c2cc(NCS[C@@H](C)c3ccnc4c3OC[C@@H]4C)ncn2)cn1. The second-order valence-electron chi connectivity index (χ2n) is 6.93. The van der Waals surface area contributed by atoms with Crippen molar-refractivity contribution < 1.29 is 4.74 Å². The highest BCUT2D eigenvalue weighted by molar-refractivity contribution is 7.99. The first-order valence-electron chi connectivity index (χ1n) is 9.34. The summed E-state index contributed by atoms with van der Waals surface area (Å²) in [7, 11) is 0. The van der Waals surface area contributed by atoms with Crippen molar-refractivity contribution in [3.05, 3.63) is 59.9 Å². The highest BCUT2D eigenvalue weighted by Crippen LogP contribution is 2.41. The maximum Gasteiger partial charge on any atom is 0.145 e. The summed E-state index contributed by atoms with van der Waals surface area (Å²) in [5.74, 6) is 2.86. The van der Waals surface area contributed by atoms with E-state index in [1.807, 2.05) is 37.5 Å². The predicted molar refractivity (Wildman–Crippen MR) is 113 cm³/mol. The lowest BCUT2D eigenvalue weighted by Crippen LogP contribution is -2.03. The van der Waals surface area contributed by atoms with E-state index in [-0.39, 0.29) is 5.25 Å². The Bertz CT molecular complexity index is 963. The van der Waals surface area contributed by atoms with Crippen LogP contribution in [0.25, 0.3) is 11.3 Å². The average Bonchev–Trinajstić information content (AvgIpc) is 3.10. The standard InChI is InChI=1S/C21H23N5OS/c1-13-10-27-21-17(6-7-22-20(13)21)15(3)28-12-26-19-8-18(24-11-25-19)16-5-4-14(2)23-9-16/h4-9,11,13,15H,10,12H2,1-3H3,(H,24,25,26)/t13-,15-/m0/s1. The molecule has 0 unspecified atom stereocenters. The van der Waals surface area contributed by atoms with Crippen molar-refractivity contribution in [2.75, 3.05) is 17.8 Å². The third-order valence-electron chi connectivity index (χ3n) is 4.81. The molecule has 2 atom stereocenters. The monoisotopic (exact) mass is 393 g/mol. The van der Waals surface area contributed by atoms with E-state index in [2.05, 4.69) is 45.2 Å². The van der Waals surface area contributed by atoms with Crippen molar-refractivity contribution in [3.63, 3.8) is 0 Å². The van der Waals surface area contributed by atoms with E-state index in [1.165, 1.54) is 5.56 Å². The van der Waals surface area contributed by atoms with Crippen LogP contribution in [0, 0.1) is 6.92 Å². The number of nitrogens with one attached hydrogen (secondary N) is 1. The molecule has 4 rings (SSSR count). The molecule has 0 spiro atoms. The molecule has 0 bridgehead atoms. The van der Waals surface area contributed by atoms with E-state index in [1.54, 1.807) is 18.1 Å². The normalized spacial score (nSPS) is 16.3. The molecule has 4 heterocycles. The van der Waals surface area contributed by atoms with Crippen molar-refractivity contribution in [3.8, 4) is 17.0 Å². The van der Waals surface area contributed by atoms with Gasteiger partial charge in [-0.1, -0.05) is 6.92 Å². The lowest BCUT2D eigenvalue weighted by molar-refractivity contribution is 0.334.